The first-order chi connectivity index (χ1) is 9.90. The van der Waals surface area contributed by atoms with Crippen LogP contribution in [0.4, 0.5) is 0 Å². The molecule has 0 aliphatic carbocycles. The Bertz CT molecular complexity index is 507. The summed E-state index contributed by atoms with van der Waals surface area (Å²) in [5.41, 5.74) is 1.42. The van der Waals surface area contributed by atoms with Crippen LogP contribution in [0.3, 0.4) is 0 Å². The molecule has 0 fully saturated rings. The van der Waals surface area contributed by atoms with Crippen LogP contribution in [0.2, 0.25) is 0 Å². The second kappa shape index (κ2) is 8.72. The predicted octanol–water partition coefficient (Wildman–Crippen LogP) is 3.36. The molecule has 0 unspecified atom stereocenters. The third-order valence-corrected chi connectivity index (χ3v) is 3.54. The van der Waals surface area contributed by atoms with Crippen LogP contribution in [-0.2, 0) is 6.42 Å². The second-order valence-corrected chi connectivity index (χ2v) is 5.29. The third kappa shape index (κ3) is 4.95. The maximum atomic E-state index is 3.52. The van der Waals surface area contributed by atoms with Gasteiger partial charge in [0.15, 0.2) is 0 Å². The summed E-state index contributed by atoms with van der Waals surface area (Å²) in [4.78, 5) is 0. The number of nitrogens with one attached hydrogen (secondary N) is 2. The highest BCUT2D eigenvalue weighted by atomic mass is 14.9. The number of rotatable bonds is 9. The van der Waals surface area contributed by atoms with Crippen molar-refractivity contribution in [1.82, 2.24) is 10.6 Å². The van der Waals surface area contributed by atoms with Gasteiger partial charge in [0.1, 0.15) is 0 Å². The first kappa shape index (κ1) is 15.0. The Hall–Kier alpha value is -1.38. The van der Waals surface area contributed by atoms with E-state index < -0.39 is 0 Å². The molecule has 108 valence electrons. The molecule has 0 saturated heterocycles. The third-order valence-electron chi connectivity index (χ3n) is 3.54. The van der Waals surface area contributed by atoms with Crippen molar-refractivity contribution in [3.63, 3.8) is 0 Å². The number of hydrogen-bond acceptors (Lipinski definition) is 2. The van der Waals surface area contributed by atoms with Crippen LogP contribution >= 0.6 is 0 Å². The van der Waals surface area contributed by atoms with E-state index in [0.29, 0.717) is 0 Å². The van der Waals surface area contributed by atoms with Gasteiger partial charge in [0, 0.05) is 0 Å². The zero-order chi connectivity index (χ0) is 14.0. The van der Waals surface area contributed by atoms with Crippen LogP contribution in [0.5, 0.6) is 0 Å². The monoisotopic (exact) mass is 270 g/mol. The van der Waals surface area contributed by atoms with Crippen LogP contribution in [0.1, 0.15) is 25.3 Å². The largest absolute Gasteiger partial charge is 0.317 e. The average Bonchev–Trinajstić information content (AvgIpc) is 2.50. The van der Waals surface area contributed by atoms with Crippen molar-refractivity contribution in [3.8, 4) is 0 Å². The molecule has 0 amide bonds. The first-order valence-corrected chi connectivity index (χ1v) is 7.79. The predicted molar refractivity (Wildman–Crippen MR) is 88.3 cm³/mol. The minimum atomic E-state index is 1.06. The van der Waals surface area contributed by atoms with Crippen molar-refractivity contribution in [2.75, 3.05) is 26.2 Å². The van der Waals surface area contributed by atoms with Crippen molar-refractivity contribution in [1.29, 1.82) is 0 Å². The molecule has 0 radical (unpaired) electrons. The Balaban J connectivity index is 1.65. The van der Waals surface area contributed by atoms with E-state index in [0.717, 1.165) is 32.6 Å². The standard InChI is InChI=1S/C18H26N2/c1-2-11-19-12-5-13-20-14-10-16-8-9-17-6-3-4-7-18(17)15-16/h3-4,6-9,15,19-20H,2,5,10-14H2,1H3. The highest BCUT2D eigenvalue weighted by Gasteiger charge is 1.96. The fourth-order valence-corrected chi connectivity index (χ4v) is 2.39. The van der Waals surface area contributed by atoms with Crippen molar-refractivity contribution >= 4 is 10.8 Å². The lowest BCUT2D eigenvalue weighted by Crippen LogP contribution is -2.23. The molecule has 2 N–H and O–H groups in total. The van der Waals surface area contributed by atoms with Crippen LogP contribution < -0.4 is 10.6 Å². The van der Waals surface area contributed by atoms with Gasteiger partial charge < -0.3 is 10.6 Å². The number of benzene rings is 2. The van der Waals surface area contributed by atoms with E-state index in [1.165, 1.54) is 29.2 Å². The number of fused-ring (bicyclic) bond motifs is 1. The molecule has 0 bridgehead atoms. The van der Waals surface area contributed by atoms with E-state index in [2.05, 4.69) is 60.0 Å². The lowest BCUT2D eigenvalue weighted by molar-refractivity contribution is 0.593. The smallest absolute Gasteiger partial charge is 0.000834 e. The highest BCUT2D eigenvalue weighted by Crippen LogP contribution is 2.15. The van der Waals surface area contributed by atoms with Gasteiger partial charge in [-0.25, -0.2) is 0 Å². The quantitative estimate of drug-likeness (QED) is 0.683. The Morgan fingerprint density at radius 2 is 1.55 bits per heavy atom. The van der Waals surface area contributed by atoms with Crippen molar-refractivity contribution in [2.45, 2.75) is 26.2 Å². The van der Waals surface area contributed by atoms with Crippen LogP contribution in [0.25, 0.3) is 10.8 Å². The van der Waals surface area contributed by atoms with Gasteiger partial charge in [-0.3, -0.25) is 0 Å². The zero-order valence-electron chi connectivity index (χ0n) is 12.5. The Labute approximate surface area is 122 Å². The summed E-state index contributed by atoms with van der Waals surface area (Å²) >= 11 is 0. The Morgan fingerprint density at radius 3 is 2.35 bits per heavy atom. The minimum absolute atomic E-state index is 1.06. The summed E-state index contributed by atoms with van der Waals surface area (Å²) in [7, 11) is 0. The molecule has 0 spiro atoms. The maximum absolute atomic E-state index is 3.52. The van der Waals surface area contributed by atoms with E-state index in [-0.39, 0.29) is 0 Å². The molecular formula is C18H26N2. The van der Waals surface area contributed by atoms with Gasteiger partial charge in [-0.2, -0.15) is 0 Å². The molecule has 2 aromatic rings. The summed E-state index contributed by atoms with van der Waals surface area (Å²) < 4.78 is 0. The lowest BCUT2D eigenvalue weighted by Gasteiger charge is -2.07. The molecule has 0 aliphatic rings. The Kier molecular flexibility index (Phi) is 6.55. The molecule has 0 atom stereocenters. The van der Waals surface area contributed by atoms with Crippen molar-refractivity contribution in [3.05, 3.63) is 48.0 Å². The Morgan fingerprint density at radius 1 is 0.800 bits per heavy atom. The van der Waals surface area contributed by atoms with Crippen molar-refractivity contribution < 1.29 is 0 Å². The van der Waals surface area contributed by atoms with E-state index in [9.17, 15) is 0 Å². The molecule has 2 rings (SSSR count). The minimum Gasteiger partial charge on any atom is -0.317 e. The molecule has 20 heavy (non-hydrogen) atoms. The van der Waals surface area contributed by atoms with Crippen molar-refractivity contribution in [2.24, 2.45) is 0 Å². The second-order valence-electron chi connectivity index (χ2n) is 5.29. The number of hydrogen-bond donors (Lipinski definition) is 2. The van der Waals surface area contributed by atoms with Crippen LogP contribution in [0, 0.1) is 0 Å². The average molecular weight is 270 g/mol. The van der Waals surface area contributed by atoms with Gasteiger partial charge in [-0.1, -0.05) is 49.4 Å². The normalized spacial score (nSPS) is 11.1. The summed E-state index contributed by atoms with van der Waals surface area (Å²) in [6, 6.07) is 15.3. The summed E-state index contributed by atoms with van der Waals surface area (Å²) in [5, 5.41) is 9.61. The van der Waals surface area contributed by atoms with Gasteiger partial charge >= 0.3 is 0 Å². The molecule has 0 aliphatic heterocycles. The topological polar surface area (TPSA) is 24.1 Å². The molecular weight excluding hydrogens is 244 g/mol. The summed E-state index contributed by atoms with van der Waals surface area (Å²) in [6.07, 6.45) is 3.53. The molecule has 0 aromatic heterocycles. The lowest BCUT2D eigenvalue weighted by atomic mass is 10.1. The first-order valence-electron chi connectivity index (χ1n) is 7.79. The van der Waals surface area contributed by atoms with Gasteiger partial charge in [0.2, 0.25) is 0 Å². The molecule has 2 nitrogen and oxygen atoms in total. The van der Waals surface area contributed by atoms with E-state index >= 15 is 0 Å². The molecule has 2 heteroatoms. The maximum Gasteiger partial charge on any atom is -0.000834 e. The fourth-order valence-electron chi connectivity index (χ4n) is 2.39. The zero-order valence-corrected chi connectivity index (χ0v) is 12.5. The van der Waals surface area contributed by atoms with E-state index in [1.54, 1.807) is 0 Å². The van der Waals surface area contributed by atoms with E-state index in [4.69, 9.17) is 0 Å². The molecule has 0 heterocycles. The van der Waals surface area contributed by atoms with E-state index in [1.807, 2.05) is 0 Å². The van der Waals surface area contributed by atoms with Gasteiger partial charge in [-0.15, -0.1) is 0 Å². The summed E-state index contributed by atoms with van der Waals surface area (Å²) in [5.74, 6) is 0. The summed E-state index contributed by atoms with van der Waals surface area (Å²) in [6.45, 7) is 6.62. The van der Waals surface area contributed by atoms with Crippen LogP contribution in [-0.4, -0.2) is 26.2 Å². The van der Waals surface area contributed by atoms with Gasteiger partial charge in [0.25, 0.3) is 0 Å². The molecule has 0 saturated carbocycles. The molecule has 2 aromatic carbocycles. The van der Waals surface area contributed by atoms with Gasteiger partial charge in [0.05, 0.1) is 0 Å². The van der Waals surface area contributed by atoms with Crippen LogP contribution in [0.15, 0.2) is 42.5 Å². The highest BCUT2D eigenvalue weighted by molar-refractivity contribution is 5.82. The van der Waals surface area contributed by atoms with Gasteiger partial charge in [-0.05, 0) is 61.8 Å². The fraction of sp³-hybridized carbons (Fsp3) is 0.444. The SMILES string of the molecule is CCCNCCCNCCc1ccc2ccccc2c1.